The number of hydrogen-bond donors (Lipinski definition) is 1. The van der Waals surface area contributed by atoms with Crippen molar-refractivity contribution >= 4 is 17.6 Å². The summed E-state index contributed by atoms with van der Waals surface area (Å²) < 4.78 is 13.5. The number of hydrogen-bond acceptors (Lipinski definition) is 3. The van der Waals surface area contributed by atoms with Crippen molar-refractivity contribution in [1.82, 2.24) is 5.32 Å². The van der Waals surface area contributed by atoms with Gasteiger partial charge in [0, 0.05) is 24.3 Å². The Morgan fingerprint density at radius 1 is 1.17 bits per heavy atom. The number of ketones is 1. The van der Waals surface area contributed by atoms with Crippen LogP contribution in [0, 0.1) is 24.6 Å². The zero-order valence-corrected chi connectivity index (χ0v) is 13.2. The lowest BCUT2D eigenvalue weighted by atomic mass is 9.77. The number of rotatable bonds is 3. The third-order valence-corrected chi connectivity index (χ3v) is 4.98. The van der Waals surface area contributed by atoms with Gasteiger partial charge in [-0.15, -0.1) is 0 Å². The third-order valence-electron chi connectivity index (χ3n) is 4.98. The fraction of sp³-hybridized carbons (Fsp3) is 0.500. The highest BCUT2D eigenvalue weighted by molar-refractivity contribution is 5.99. The van der Waals surface area contributed by atoms with E-state index in [9.17, 15) is 18.8 Å². The third kappa shape index (κ3) is 3.33. The number of carbonyl (C=O) groups is 3. The van der Waals surface area contributed by atoms with Crippen molar-refractivity contribution in [2.75, 3.05) is 0 Å². The fourth-order valence-electron chi connectivity index (χ4n) is 3.68. The number of piperidine rings is 1. The zero-order chi connectivity index (χ0) is 16.6. The van der Waals surface area contributed by atoms with E-state index in [0.29, 0.717) is 31.2 Å². The Morgan fingerprint density at radius 2 is 1.96 bits per heavy atom. The van der Waals surface area contributed by atoms with Gasteiger partial charge in [0.2, 0.25) is 11.8 Å². The molecule has 5 heteroatoms. The molecule has 0 aromatic heterocycles. The molecule has 1 fully saturated rings. The maximum absolute atomic E-state index is 13.5. The van der Waals surface area contributed by atoms with E-state index in [4.69, 9.17) is 0 Å². The second-order valence-corrected chi connectivity index (χ2v) is 6.67. The summed E-state index contributed by atoms with van der Waals surface area (Å²) in [6.45, 7) is 1.83. The van der Waals surface area contributed by atoms with Gasteiger partial charge in [-0.05, 0) is 61.8 Å². The van der Waals surface area contributed by atoms with Crippen LogP contribution in [0.4, 0.5) is 4.39 Å². The van der Waals surface area contributed by atoms with Gasteiger partial charge in [0.05, 0.1) is 0 Å². The highest BCUT2D eigenvalue weighted by Gasteiger charge is 2.30. The Hall–Kier alpha value is -2.04. The number of Topliss-reactive ketones (excluding diaryl/α,β-unsaturated/α-hetero) is 1. The van der Waals surface area contributed by atoms with E-state index >= 15 is 0 Å². The smallest absolute Gasteiger partial charge is 0.229 e. The minimum atomic E-state index is -0.364. The number of carbonyl (C=O) groups excluding carboxylic acids is 3. The standard InChI is InChI=1S/C18H20FNO3/c1-10-6-13(19)9-15-14(10)7-11(8-16(15)21)2-3-12-4-5-17(22)20-18(12)23/h6,9,11-12H,2-5,7-8H2,1H3,(H,20,22,23). The summed E-state index contributed by atoms with van der Waals surface area (Å²) in [5, 5.41) is 2.37. The van der Waals surface area contributed by atoms with Crippen LogP contribution in [0.15, 0.2) is 12.1 Å². The summed E-state index contributed by atoms with van der Waals surface area (Å²) in [5.74, 6) is -0.727. The molecule has 1 aliphatic heterocycles. The van der Waals surface area contributed by atoms with Gasteiger partial charge >= 0.3 is 0 Å². The first-order valence-electron chi connectivity index (χ1n) is 8.10. The molecule has 1 N–H and O–H groups in total. The normalized spacial score (nSPS) is 24.3. The van der Waals surface area contributed by atoms with Crippen LogP contribution in [0.5, 0.6) is 0 Å². The average Bonchev–Trinajstić information content (AvgIpc) is 2.47. The molecule has 122 valence electrons. The molecule has 1 aliphatic carbocycles. The Balaban J connectivity index is 1.66. The number of halogens is 1. The van der Waals surface area contributed by atoms with Gasteiger partial charge in [-0.2, -0.15) is 0 Å². The van der Waals surface area contributed by atoms with Crippen molar-refractivity contribution in [3.8, 4) is 0 Å². The summed E-state index contributed by atoms with van der Waals surface area (Å²) in [7, 11) is 0. The number of benzene rings is 1. The van der Waals surface area contributed by atoms with E-state index in [1.54, 1.807) is 0 Å². The first kappa shape index (κ1) is 15.8. The van der Waals surface area contributed by atoms with E-state index in [-0.39, 0.29) is 35.3 Å². The van der Waals surface area contributed by atoms with Gasteiger partial charge in [0.15, 0.2) is 5.78 Å². The van der Waals surface area contributed by atoms with Gasteiger partial charge < -0.3 is 0 Å². The van der Waals surface area contributed by atoms with Gasteiger partial charge in [-0.3, -0.25) is 19.7 Å². The van der Waals surface area contributed by atoms with E-state index in [1.165, 1.54) is 12.1 Å². The van der Waals surface area contributed by atoms with Crippen molar-refractivity contribution in [3.63, 3.8) is 0 Å². The molecule has 1 heterocycles. The Morgan fingerprint density at radius 3 is 2.70 bits per heavy atom. The molecule has 2 atom stereocenters. The molecular weight excluding hydrogens is 297 g/mol. The molecule has 0 saturated carbocycles. The van der Waals surface area contributed by atoms with Crippen LogP contribution in [0.1, 0.15) is 53.6 Å². The van der Waals surface area contributed by atoms with Crippen LogP contribution in [0.3, 0.4) is 0 Å². The summed E-state index contributed by atoms with van der Waals surface area (Å²) in [5.41, 5.74) is 2.27. The summed E-state index contributed by atoms with van der Waals surface area (Å²) in [4.78, 5) is 35.2. The number of amides is 2. The van der Waals surface area contributed by atoms with Gasteiger partial charge in [0.1, 0.15) is 5.82 Å². The number of nitrogens with one attached hydrogen (secondary N) is 1. The van der Waals surface area contributed by atoms with Gasteiger partial charge in [-0.25, -0.2) is 4.39 Å². The molecular formula is C18H20FNO3. The Bertz CT molecular complexity index is 683. The second-order valence-electron chi connectivity index (χ2n) is 6.67. The quantitative estimate of drug-likeness (QED) is 0.872. The molecule has 3 rings (SSSR count). The lowest BCUT2D eigenvalue weighted by Gasteiger charge is -2.27. The highest BCUT2D eigenvalue weighted by atomic mass is 19.1. The number of aryl methyl sites for hydroxylation is 1. The molecule has 23 heavy (non-hydrogen) atoms. The van der Waals surface area contributed by atoms with Crippen LogP contribution in [0.25, 0.3) is 0 Å². The zero-order valence-electron chi connectivity index (χ0n) is 13.2. The summed E-state index contributed by atoms with van der Waals surface area (Å²) >= 11 is 0. The summed E-state index contributed by atoms with van der Waals surface area (Å²) in [6.07, 6.45) is 3.60. The van der Waals surface area contributed by atoms with Crippen LogP contribution in [-0.2, 0) is 16.0 Å². The van der Waals surface area contributed by atoms with Crippen LogP contribution < -0.4 is 5.32 Å². The van der Waals surface area contributed by atoms with Crippen LogP contribution in [-0.4, -0.2) is 17.6 Å². The fourth-order valence-corrected chi connectivity index (χ4v) is 3.68. The minimum Gasteiger partial charge on any atom is -0.296 e. The molecule has 1 aromatic carbocycles. The highest BCUT2D eigenvalue weighted by Crippen LogP contribution is 2.32. The number of fused-ring (bicyclic) bond motifs is 1. The lowest BCUT2D eigenvalue weighted by molar-refractivity contribution is -0.136. The minimum absolute atomic E-state index is 0.0119. The topological polar surface area (TPSA) is 63.2 Å². The average molecular weight is 317 g/mol. The molecule has 0 radical (unpaired) electrons. The van der Waals surface area contributed by atoms with Crippen molar-refractivity contribution in [3.05, 3.63) is 34.6 Å². The number of imide groups is 1. The first-order chi connectivity index (χ1) is 10.9. The lowest BCUT2D eigenvalue weighted by Crippen LogP contribution is -2.40. The first-order valence-corrected chi connectivity index (χ1v) is 8.10. The Labute approximate surface area is 134 Å². The summed E-state index contributed by atoms with van der Waals surface area (Å²) in [6, 6.07) is 2.80. The van der Waals surface area contributed by atoms with Crippen LogP contribution >= 0.6 is 0 Å². The molecule has 2 unspecified atom stereocenters. The molecule has 2 aliphatic rings. The molecule has 1 saturated heterocycles. The SMILES string of the molecule is Cc1cc(F)cc2c1CC(CCC1CCC(=O)NC1=O)CC2=O. The maximum atomic E-state index is 13.5. The second kappa shape index (κ2) is 6.22. The van der Waals surface area contributed by atoms with Crippen molar-refractivity contribution < 1.29 is 18.8 Å². The van der Waals surface area contributed by atoms with E-state index < -0.39 is 0 Å². The van der Waals surface area contributed by atoms with Crippen molar-refractivity contribution in [1.29, 1.82) is 0 Å². The van der Waals surface area contributed by atoms with Crippen LogP contribution in [0.2, 0.25) is 0 Å². The largest absolute Gasteiger partial charge is 0.296 e. The Kier molecular flexibility index (Phi) is 4.28. The van der Waals surface area contributed by atoms with E-state index in [0.717, 1.165) is 24.0 Å². The molecule has 0 bridgehead atoms. The van der Waals surface area contributed by atoms with E-state index in [2.05, 4.69) is 5.32 Å². The molecule has 2 amide bonds. The monoisotopic (exact) mass is 317 g/mol. The molecule has 0 spiro atoms. The van der Waals surface area contributed by atoms with Gasteiger partial charge in [-0.1, -0.05) is 0 Å². The molecule has 4 nitrogen and oxygen atoms in total. The predicted octanol–water partition coefficient (Wildman–Crippen LogP) is 2.71. The molecule has 1 aromatic rings. The van der Waals surface area contributed by atoms with Crippen molar-refractivity contribution in [2.45, 2.75) is 45.4 Å². The van der Waals surface area contributed by atoms with Crippen molar-refractivity contribution in [2.24, 2.45) is 11.8 Å². The van der Waals surface area contributed by atoms with Gasteiger partial charge in [0.25, 0.3) is 0 Å². The maximum Gasteiger partial charge on any atom is 0.229 e. The van der Waals surface area contributed by atoms with E-state index in [1.807, 2.05) is 6.92 Å². The predicted molar refractivity (Wildman–Crippen MR) is 82.4 cm³/mol.